The number of carbonyl (C=O) groups excluding carboxylic acids is 1. The summed E-state index contributed by atoms with van der Waals surface area (Å²) in [4.78, 5) is 33.7. The van der Waals surface area contributed by atoms with Gasteiger partial charge in [-0.05, 0) is 42.2 Å². The molecule has 2 aliphatic heterocycles. The van der Waals surface area contributed by atoms with Gasteiger partial charge in [0.1, 0.15) is 12.4 Å². The molecule has 0 radical (unpaired) electrons. The minimum Gasteiger partial charge on any atom is -0.493 e. The van der Waals surface area contributed by atoms with E-state index in [0.29, 0.717) is 37.8 Å². The average molecular weight is 527 g/mol. The van der Waals surface area contributed by atoms with Crippen molar-refractivity contribution in [1.29, 1.82) is 0 Å². The van der Waals surface area contributed by atoms with Gasteiger partial charge in [-0.2, -0.15) is 0 Å². The Labute approximate surface area is 224 Å². The SMILES string of the molecule is CCCON(CCC)C(=O)CN1CC(c2ccc3c(c2)CCO3)C(C(=O)O)C1COc1ccccc1OC. The standard InChI is InChI=1S/C29H38N2O7/c1-4-13-31(38-14-5-2)27(32)18-30-17-22(20-10-11-24-21(16-20)12-15-36-24)28(29(33)34)23(30)19-37-26-9-7-6-8-25(26)35-3/h6-11,16,22-23,28H,4-5,12-15,17-19H2,1-3H3,(H,33,34). The molecule has 3 unspecified atom stereocenters. The van der Waals surface area contributed by atoms with Crippen molar-refractivity contribution in [3.8, 4) is 17.2 Å². The molecule has 9 heteroatoms. The second-order valence-corrected chi connectivity index (χ2v) is 9.72. The summed E-state index contributed by atoms with van der Waals surface area (Å²) in [5.74, 6) is -0.231. The predicted octanol–water partition coefficient (Wildman–Crippen LogP) is 3.76. The molecule has 1 fully saturated rings. The van der Waals surface area contributed by atoms with Crippen LogP contribution in [0.5, 0.6) is 17.2 Å². The van der Waals surface area contributed by atoms with Gasteiger partial charge in [-0.1, -0.05) is 38.1 Å². The fraction of sp³-hybridized carbons (Fsp3) is 0.517. The van der Waals surface area contributed by atoms with Gasteiger partial charge in [0.15, 0.2) is 11.5 Å². The molecule has 0 spiro atoms. The number of methoxy groups -OCH3 is 1. The molecule has 3 atom stereocenters. The highest BCUT2D eigenvalue weighted by atomic mass is 16.7. The zero-order valence-corrected chi connectivity index (χ0v) is 22.4. The van der Waals surface area contributed by atoms with Crippen molar-refractivity contribution in [2.45, 2.75) is 45.1 Å². The van der Waals surface area contributed by atoms with Gasteiger partial charge in [-0.25, -0.2) is 5.06 Å². The number of benzene rings is 2. The highest BCUT2D eigenvalue weighted by Gasteiger charge is 2.48. The zero-order valence-electron chi connectivity index (χ0n) is 22.4. The minimum atomic E-state index is -0.914. The van der Waals surface area contributed by atoms with E-state index >= 15 is 0 Å². The van der Waals surface area contributed by atoms with E-state index in [1.165, 1.54) is 5.06 Å². The number of aliphatic carboxylic acids is 1. The van der Waals surface area contributed by atoms with Crippen LogP contribution in [0.2, 0.25) is 0 Å². The molecule has 38 heavy (non-hydrogen) atoms. The maximum Gasteiger partial charge on any atom is 0.308 e. The first-order valence-electron chi connectivity index (χ1n) is 13.4. The van der Waals surface area contributed by atoms with Crippen molar-refractivity contribution in [3.05, 3.63) is 53.6 Å². The first-order chi connectivity index (χ1) is 18.5. The maximum absolute atomic E-state index is 13.3. The van der Waals surface area contributed by atoms with Gasteiger partial charge in [-0.15, -0.1) is 0 Å². The number of hydroxylamine groups is 2. The van der Waals surface area contributed by atoms with Gasteiger partial charge in [-0.3, -0.25) is 19.3 Å². The minimum absolute atomic E-state index is 0.0397. The number of para-hydroxylation sites is 2. The Morgan fingerprint density at radius 1 is 1.13 bits per heavy atom. The number of hydrogen-bond donors (Lipinski definition) is 1. The lowest BCUT2D eigenvalue weighted by Gasteiger charge is -2.29. The molecule has 206 valence electrons. The predicted molar refractivity (Wildman–Crippen MR) is 142 cm³/mol. The van der Waals surface area contributed by atoms with Crippen LogP contribution in [0.25, 0.3) is 0 Å². The topological polar surface area (TPSA) is 97.8 Å². The van der Waals surface area contributed by atoms with Gasteiger partial charge in [0, 0.05) is 25.4 Å². The van der Waals surface area contributed by atoms with Gasteiger partial charge in [0.25, 0.3) is 5.91 Å². The number of amides is 1. The molecular weight excluding hydrogens is 488 g/mol. The van der Waals surface area contributed by atoms with E-state index in [-0.39, 0.29) is 25.0 Å². The Bertz CT molecular complexity index is 1110. The number of carboxylic acids is 1. The van der Waals surface area contributed by atoms with Crippen LogP contribution in [0.4, 0.5) is 0 Å². The summed E-state index contributed by atoms with van der Waals surface area (Å²) in [5, 5.41) is 11.8. The van der Waals surface area contributed by atoms with Crippen LogP contribution >= 0.6 is 0 Å². The van der Waals surface area contributed by atoms with Crippen molar-refractivity contribution in [2.75, 3.05) is 46.6 Å². The number of carbonyl (C=O) groups is 2. The highest BCUT2D eigenvalue weighted by molar-refractivity contribution is 5.78. The number of fused-ring (bicyclic) bond motifs is 1. The van der Waals surface area contributed by atoms with Crippen LogP contribution in [-0.4, -0.2) is 79.6 Å². The Hall–Kier alpha value is -3.30. The van der Waals surface area contributed by atoms with Crippen LogP contribution in [0.15, 0.2) is 42.5 Å². The molecule has 4 rings (SSSR count). The molecule has 2 aromatic rings. The van der Waals surface area contributed by atoms with E-state index in [1.54, 1.807) is 19.2 Å². The Morgan fingerprint density at radius 3 is 2.63 bits per heavy atom. The molecule has 2 aliphatic rings. The third-order valence-corrected chi connectivity index (χ3v) is 7.15. The maximum atomic E-state index is 13.3. The molecule has 2 heterocycles. The fourth-order valence-electron chi connectivity index (χ4n) is 5.31. The van der Waals surface area contributed by atoms with E-state index in [9.17, 15) is 14.7 Å². The molecule has 0 saturated carbocycles. The van der Waals surface area contributed by atoms with Gasteiger partial charge in [0.2, 0.25) is 0 Å². The van der Waals surface area contributed by atoms with Crippen LogP contribution in [0, 0.1) is 5.92 Å². The van der Waals surface area contributed by atoms with Crippen molar-refractivity contribution < 1.29 is 33.7 Å². The zero-order chi connectivity index (χ0) is 27.1. The third kappa shape index (κ3) is 6.22. The quantitative estimate of drug-likeness (QED) is 0.394. The number of likely N-dealkylation sites (tertiary alicyclic amines) is 1. The van der Waals surface area contributed by atoms with Crippen molar-refractivity contribution in [3.63, 3.8) is 0 Å². The Balaban J connectivity index is 1.62. The monoisotopic (exact) mass is 526 g/mol. The van der Waals surface area contributed by atoms with Crippen molar-refractivity contribution in [1.82, 2.24) is 9.96 Å². The van der Waals surface area contributed by atoms with Crippen molar-refractivity contribution in [2.24, 2.45) is 5.92 Å². The van der Waals surface area contributed by atoms with Gasteiger partial charge in [0.05, 0.1) is 38.8 Å². The van der Waals surface area contributed by atoms with E-state index < -0.39 is 17.9 Å². The molecule has 0 bridgehead atoms. The largest absolute Gasteiger partial charge is 0.493 e. The van der Waals surface area contributed by atoms with E-state index in [1.807, 2.05) is 43.0 Å². The summed E-state index contributed by atoms with van der Waals surface area (Å²) in [6, 6.07) is 12.7. The first kappa shape index (κ1) is 27.7. The molecule has 1 amide bonds. The second kappa shape index (κ2) is 13.0. The van der Waals surface area contributed by atoms with Crippen LogP contribution in [0.3, 0.4) is 0 Å². The number of hydrogen-bond acceptors (Lipinski definition) is 7. The summed E-state index contributed by atoms with van der Waals surface area (Å²) in [6.07, 6.45) is 2.35. The summed E-state index contributed by atoms with van der Waals surface area (Å²) in [6.45, 7) is 6.09. The van der Waals surface area contributed by atoms with E-state index in [2.05, 4.69) is 6.07 Å². The summed E-state index contributed by atoms with van der Waals surface area (Å²) < 4.78 is 17.2. The van der Waals surface area contributed by atoms with Gasteiger partial charge < -0.3 is 19.3 Å². The number of carboxylic acid groups (broad SMARTS) is 1. The van der Waals surface area contributed by atoms with E-state index in [0.717, 1.165) is 36.1 Å². The highest BCUT2D eigenvalue weighted by Crippen LogP contribution is 2.40. The molecule has 1 N–H and O–H groups in total. The fourth-order valence-corrected chi connectivity index (χ4v) is 5.31. The lowest BCUT2D eigenvalue weighted by atomic mass is 9.84. The normalized spacial score (nSPS) is 20.6. The molecule has 9 nitrogen and oxygen atoms in total. The Morgan fingerprint density at radius 2 is 1.92 bits per heavy atom. The second-order valence-electron chi connectivity index (χ2n) is 9.72. The average Bonchev–Trinajstić information content (AvgIpc) is 3.54. The lowest BCUT2D eigenvalue weighted by molar-refractivity contribution is -0.188. The molecule has 0 aromatic heterocycles. The smallest absolute Gasteiger partial charge is 0.308 e. The van der Waals surface area contributed by atoms with Crippen LogP contribution in [-0.2, 0) is 20.8 Å². The number of nitrogens with zero attached hydrogens (tertiary/aromatic N) is 2. The van der Waals surface area contributed by atoms with Crippen molar-refractivity contribution >= 4 is 11.9 Å². The lowest BCUT2D eigenvalue weighted by Crippen LogP contribution is -2.46. The number of rotatable bonds is 13. The van der Waals surface area contributed by atoms with Gasteiger partial charge >= 0.3 is 5.97 Å². The summed E-state index contributed by atoms with van der Waals surface area (Å²) in [5.41, 5.74) is 2.02. The summed E-state index contributed by atoms with van der Waals surface area (Å²) in [7, 11) is 1.56. The first-order valence-corrected chi connectivity index (χ1v) is 13.4. The molecule has 0 aliphatic carbocycles. The molecule has 2 aromatic carbocycles. The number of ether oxygens (including phenoxy) is 3. The van der Waals surface area contributed by atoms with Crippen LogP contribution in [0.1, 0.15) is 43.7 Å². The molecule has 1 saturated heterocycles. The molecular formula is C29H38N2O7. The van der Waals surface area contributed by atoms with E-state index in [4.69, 9.17) is 19.0 Å². The van der Waals surface area contributed by atoms with Crippen LogP contribution < -0.4 is 14.2 Å². The summed E-state index contributed by atoms with van der Waals surface area (Å²) >= 11 is 0. The third-order valence-electron chi connectivity index (χ3n) is 7.15. The Kier molecular flexibility index (Phi) is 9.47.